The number of anilines is 1. The van der Waals surface area contributed by atoms with E-state index in [1.807, 2.05) is 50.2 Å². The molecule has 1 atom stereocenters. The molecule has 1 aliphatic heterocycles. The van der Waals surface area contributed by atoms with Gasteiger partial charge in [0.15, 0.2) is 5.13 Å². The molecule has 0 saturated carbocycles. The summed E-state index contributed by atoms with van der Waals surface area (Å²) in [5.41, 5.74) is 4.11. The van der Waals surface area contributed by atoms with Crippen LogP contribution in [0.5, 0.6) is 5.75 Å². The minimum Gasteiger partial charge on any atom is -0.507 e. The lowest BCUT2D eigenvalue weighted by Gasteiger charge is -2.23. The molecule has 5 rings (SSSR count). The molecule has 0 spiro atoms. The number of carbonyl (C=O) groups is 2. The number of ether oxygens (including phenoxy) is 1. The van der Waals surface area contributed by atoms with Crippen molar-refractivity contribution >= 4 is 44.1 Å². The van der Waals surface area contributed by atoms with Gasteiger partial charge in [0.2, 0.25) is 0 Å². The number of rotatable bonds is 7. The zero-order chi connectivity index (χ0) is 26.1. The Kier molecular flexibility index (Phi) is 6.80. The van der Waals surface area contributed by atoms with E-state index in [9.17, 15) is 14.7 Å². The van der Waals surface area contributed by atoms with E-state index in [1.54, 1.807) is 24.3 Å². The number of hydrogen-bond donors (Lipinski definition) is 1. The van der Waals surface area contributed by atoms with Crippen molar-refractivity contribution < 1.29 is 19.4 Å². The van der Waals surface area contributed by atoms with Gasteiger partial charge < -0.3 is 9.84 Å². The lowest BCUT2D eigenvalue weighted by molar-refractivity contribution is -0.132. The molecular weight excluding hydrogens is 484 g/mol. The fourth-order valence-corrected chi connectivity index (χ4v) is 5.63. The van der Waals surface area contributed by atoms with Gasteiger partial charge in [-0.05, 0) is 55.2 Å². The van der Waals surface area contributed by atoms with Crippen molar-refractivity contribution in [3.8, 4) is 5.75 Å². The standard InChI is InChI=1S/C30H28N2O4S/c1-4-14-36-22-11-7-10-21(17-22)27(33)25-26(20-9-6-8-18(3)15-20)32(29(35)28(25)34)30-31-23-13-12-19(5-2)16-24(23)37-30/h6-13,15-17,26,33H,4-5,14H2,1-3H3/b27-25+. The van der Waals surface area contributed by atoms with Gasteiger partial charge in [-0.3, -0.25) is 14.5 Å². The minimum atomic E-state index is -0.814. The number of thiazole rings is 1. The van der Waals surface area contributed by atoms with Crippen LogP contribution in [0.2, 0.25) is 0 Å². The molecule has 2 heterocycles. The van der Waals surface area contributed by atoms with Gasteiger partial charge in [0.05, 0.1) is 28.4 Å². The van der Waals surface area contributed by atoms with Crippen molar-refractivity contribution in [2.45, 2.75) is 39.7 Å². The Balaban J connectivity index is 1.68. The second kappa shape index (κ2) is 10.2. The molecule has 1 amide bonds. The first kappa shape index (κ1) is 24.7. The van der Waals surface area contributed by atoms with Gasteiger partial charge in [0.25, 0.3) is 5.78 Å². The van der Waals surface area contributed by atoms with E-state index in [0.29, 0.717) is 23.1 Å². The van der Waals surface area contributed by atoms with Crippen LogP contribution >= 0.6 is 11.3 Å². The summed E-state index contributed by atoms with van der Waals surface area (Å²) in [6.45, 7) is 6.59. The van der Waals surface area contributed by atoms with Crippen molar-refractivity contribution in [1.82, 2.24) is 4.98 Å². The summed E-state index contributed by atoms with van der Waals surface area (Å²) >= 11 is 1.37. The van der Waals surface area contributed by atoms with E-state index in [-0.39, 0.29) is 11.3 Å². The maximum atomic E-state index is 13.5. The molecule has 0 radical (unpaired) electrons. The quantitative estimate of drug-likeness (QED) is 0.172. The van der Waals surface area contributed by atoms with E-state index < -0.39 is 17.7 Å². The first-order chi connectivity index (χ1) is 17.9. The number of amides is 1. The molecule has 4 aromatic rings. The van der Waals surface area contributed by atoms with Gasteiger partial charge >= 0.3 is 5.91 Å². The van der Waals surface area contributed by atoms with E-state index in [4.69, 9.17) is 9.72 Å². The largest absolute Gasteiger partial charge is 0.507 e. The van der Waals surface area contributed by atoms with Crippen LogP contribution in [0.3, 0.4) is 0 Å². The average Bonchev–Trinajstić information content (AvgIpc) is 3.44. The van der Waals surface area contributed by atoms with Crippen LogP contribution in [0.15, 0.2) is 72.3 Å². The van der Waals surface area contributed by atoms with Crippen LogP contribution in [0.1, 0.15) is 48.6 Å². The first-order valence-electron chi connectivity index (χ1n) is 12.4. The predicted octanol–water partition coefficient (Wildman–Crippen LogP) is 6.58. The number of hydrogen-bond acceptors (Lipinski definition) is 6. The van der Waals surface area contributed by atoms with Crippen molar-refractivity contribution in [2.24, 2.45) is 0 Å². The van der Waals surface area contributed by atoms with Crippen molar-refractivity contribution in [3.63, 3.8) is 0 Å². The van der Waals surface area contributed by atoms with Gasteiger partial charge in [-0.25, -0.2) is 4.98 Å². The Morgan fingerprint density at radius 1 is 1.05 bits per heavy atom. The number of aromatic nitrogens is 1. The Morgan fingerprint density at radius 3 is 2.62 bits per heavy atom. The number of aryl methyl sites for hydroxylation is 2. The van der Waals surface area contributed by atoms with E-state index in [1.165, 1.54) is 21.8 Å². The Labute approximate surface area is 219 Å². The van der Waals surface area contributed by atoms with Gasteiger partial charge in [-0.15, -0.1) is 0 Å². The highest BCUT2D eigenvalue weighted by Gasteiger charge is 2.48. The molecule has 0 bridgehead atoms. The summed E-state index contributed by atoms with van der Waals surface area (Å²) in [5.74, 6) is -1.09. The molecule has 188 valence electrons. The monoisotopic (exact) mass is 512 g/mol. The molecule has 37 heavy (non-hydrogen) atoms. The molecule has 7 heteroatoms. The number of carbonyl (C=O) groups excluding carboxylic acids is 2. The lowest BCUT2D eigenvalue weighted by Crippen LogP contribution is -2.29. The number of Topliss-reactive ketones (excluding diaryl/α,β-unsaturated/α-hetero) is 1. The predicted molar refractivity (Wildman–Crippen MR) is 147 cm³/mol. The minimum absolute atomic E-state index is 0.0387. The maximum Gasteiger partial charge on any atom is 0.301 e. The number of nitrogens with zero attached hydrogens (tertiary/aromatic N) is 2. The Bertz CT molecular complexity index is 1540. The summed E-state index contributed by atoms with van der Waals surface area (Å²) in [6, 6.07) is 19.8. The summed E-state index contributed by atoms with van der Waals surface area (Å²) < 4.78 is 6.67. The molecule has 1 aliphatic rings. The number of aliphatic hydroxyl groups is 1. The van der Waals surface area contributed by atoms with Crippen molar-refractivity contribution in [1.29, 1.82) is 0 Å². The maximum absolute atomic E-state index is 13.5. The van der Waals surface area contributed by atoms with Crippen LogP contribution in [-0.2, 0) is 16.0 Å². The third kappa shape index (κ3) is 4.62. The molecule has 0 aliphatic carbocycles. The van der Waals surface area contributed by atoms with Crippen molar-refractivity contribution in [3.05, 3.63) is 94.6 Å². The second-order valence-corrected chi connectivity index (χ2v) is 10.1. The zero-order valence-corrected chi connectivity index (χ0v) is 21.8. The molecule has 1 fully saturated rings. The summed E-state index contributed by atoms with van der Waals surface area (Å²) in [4.78, 5) is 33.1. The van der Waals surface area contributed by atoms with Crippen LogP contribution < -0.4 is 9.64 Å². The highest BCUT2D eigenvalue weighted by Crippen LogP contribution is 2.44. The smallest absolute Gasteiger partial charge is 0.301 e. The molecule has 1 saturated heterocycles. The van der Waals surface area contributed by atoms with Crippen LogP contribution in [0.4, 0.5) is 5.13 Å². The van der Waals surface area contributed by atoms with Gasteiger partial charge in [-0.2, -0.15) is 0 Å². The number of aliphatic hydroxyl groups excluding tert-OH is 1. The number of benzene rings is 3. The zero-order valence-electron chi connectivity index (χ0n) is 21.0. The van der Waals surface area contributed by atoms with Crippen LogP contribution in [0.25, 0.3) is 16.0 Å². The topological polar surface area (TPSA) is 79.7 Å². The summed E-state index contributed by atoms with van der Waals surface area (Å²) in [6.07, 6.45) is 1.73. The summed E-state index contributed by atoms with van der Waals surface area (Å²) in [5, 5.41) is 11.9. The highest BCUT2D eigenvalue weighted by atomic mass is 32.1. The lowest BCUT2D eigenvalue weighted by atomic mass is 9.94. The third-order valence-corrected chi connectivity index (χ3v) is 7.46. The normalized spacial score (nSPS) is 17.1. The van der Waals surface area contributed by atoms with Crippen LogP contribution in [-0.4, -0.2) is 28.4 Å². The molecule has 1 unspecified atom stereocenters. The second-order valence-electron chi connectivity index (χ2n) is 9.11. The molecule has 3 aromatic carbocycles. The molecule has 6 nitrogen and oxygen atoms in total. The van der Waals surface area contributed by atoms with Crippen molar-refractivity contribution in [2.75, 3.05) is 11.5 Å². The summed E-state index contributed by atoms with van der Waals surface area (Å²) in [7, 11) is 0. The van der Waals surface area contributed by atoms with E-state index >= 15 is 0 Å². The van der Waals surface area contributed by atoms with E-state index in [0.717, 1.165) is 34.2 Å². The van der Waals surface area contributed by atoms with Gasteiger partial charge in [-0.1, -0.05) is 73.2 Å². The van der Waals surface area contributed by atoms with Gasteiger partial charge in [0, 0.05) is 5.56 Å². The first-order valence-corrected chi connectivity index (χ1v) is 13.2. The third-order valence-electron chi connectivity index (χ3n) is 6.44. The van der Waals surface area contributed by atoms with Crippen LogP contribution in [0, 0.1) is 6.92 Å². The van der Waals surface area contributed by atoms with Gasteiger partial charge in [0.1, 0.15) is 11.5 Å². The Morgan fingerprint density at radius 2 is 1.86 bits per heavy atom. The molecule has 1 aromatic heterocycles. The fraction of sp³-hybridized carbons (Fsp3) is 0.233. The Hall–Kier alpha value is -3.97. The SMILES string of the molecule is CCCOc1cccc(/C(O)=C2\C(=O)C(=O)N(c3nc4ccc(CC)cc4s3)C2c2cccc(C)c2)c1. The number of ketones is 1. The molecular formula is C30H28N2O4S. The molecule has 1 N–H and O–H groups in total. The highest BCUT2D eigenvalue weighted by molar-refractivity contribution is 7.22. The average molecular weight is 513 g/mol. The fourth-order valence-electron chi connectivity index (χ4n) is 4.57. The van der Waals surface area contributed by atoms with E-state index in [2.05, 4.69) is 13.0 Å². The number of fused-ring (bicyclic) bond motifs is 1.